The molecule has 0 spiro atoms. The van der Waals surface area contributed by atoms with Crippen LogP contribution in [0, 0.1) is 0 Å². The van der Waals surface area contributed by atoms with Gasteiger partial charge in [-0.15, -0.1) is 69.7 Å². The van der Waals surface area contributed by atoms with E-state index in [2.05, 4.69) is 99.0 Å². The molecule has 0 N–H and O–H groups in total. The average molecular weight is 565 g/mol. The zero-order valence-corrected chi connectivity index (χ0v) is 24.7. The second kappa shape index (κ2) is 11.6. The van der Waals surface area contributed by atoms with Crippen molar-refractivity contribution >= 4 is 48.3 Å². The van der Waals surface area contributed by atoms with E-state index in [-0.39, 0.29) is 51.0 Å². The van der Waals surface area contributed by atoms with Gasteiger partial charge in [-0.2, -0.15) is 22.9 Å². The summed E-state index contributed by atoms with van der Waals surface area (Å²) in [6.07, 6.45) is 1.13. The fourth-order valence-electron chi connectivity index (χ4n) is 4.20. The molecular weight excluding hydrogens is 535 g/mol. The topological polar surface area (TPSA) is 9.23 Å². The van der Waals surface area contributed by atoms with E-state index in [1.807, 2.05) is 0 Å². The van der Waals surface area contributed by atoms with Gasteiger partial charge in [0.15, 0.2) is 8.32 Å². The molecule has 6 heteroatoms. The first-order valence-corrected chi connectivity index (χ1v) is 16.4. The van der Waals surface area contributed by atoms with Gasteiger partial charge in [-0.3, -0.25) is 0 Å². The van der Waals surface area contributed by atoms with Gasteiger partial charge in [0.2, 0.25) is 0 Å². The molecular formula is C25H30Cl2OSi2Zr. The van der Waals surface area contributed by atoms with Crippen LogP contribution in [0.4, 0.5) is 0 Å². The Kier molecular flexibility index (Phi) is 10.7. The number of hydrogen-bond acceptors (Lipinski definition) is 1. The molecule has 4 rings (SSSR count). The first-order chi connectivity index (χ1) is 13.4. The van der Waals surface area contributed by atoms with Crippen LogP contribution in [0.5, 0.6) is 0 Å². The second-order valence-corrected chi connectivity index (χ2v) is 18.0. The van der Waals surface area contributed by atoms with Gasteiger partial charge in [-0.05, 0) is 32.1 Å². The van der Waals surface area contributed by atoms with Crippen molar-refractivity contribution in [3.63, 3.8) is 0 Å². The predicted molar refractivity (Wildman–Crippen MR) is 129 cm³/mol. The van der Waals surface area contributed by atoms with E-state index in [0.29, 0.717) is 0 Å². The molecule has 162 valence electrons. The molecule has 4 aromatic carbocycles. The van der Waals surface area contributed by atoms with E-state index < -0.39 is 16.4 Å². The van der Waals surface area contributed by atoms with Crippen LogP contribution in [-0.2, 0) is 30.6 Å². The maximum Gasteiger partial charge on any atom is 4.00 e. The molecule has 0 radical (unpaired) electrons. The van der Waals surface area contributed by atoms with Gasteiger partial charge in [0.1, 0.15) is 0 Å². The van der Waals surface area contributed by atoms with Crippen molar-refractivity contribution in [3.05, 3.63) is 72.8 Å². The maximum atomic E-state index is 6.18. The summed E-state index contributed by atoms with van der Waals surface area (Å²) >= 11 is 0. The van der Waals surface area contributed by atoms with Crippen molar-refractivity contribution in [3.8, 4) is 0 Å². The normalized spacial score (nSPS) is 11.6. The Labute approximate surface area is 220 Å². The second-order valence-electron chi connectivity index (χ2n) is 9.14. The summed E-state index contributed by atoms with van der Waals surface area (Å²) in [6, 6.07) is 28.5. The minimum atomic E-state index is -1.83. The van der Waals surface area contributed by atoms with Crippen LogP contribution in [0.3, 0.4) is 0 Å². The molecule has 0 saturated carbocycles. The van der Waals surface area contributed by atoms with Gasteiger partial charge < -0.3 is 29.2 Å². The van der Waals surface area contributed by atoms with Gasteiger partial charge >= 0.3 is 26.2 Å². The van der Waals surface area contributed by atoms with E-state index in [4.69, 9.17) is 4.43 Å². The first kappa shape index (κ1) is 28.5. The molecule has 0 fully saturated rings. The number of benzene rings is 2. The van der Waals surface area contributed by atoms with Crippen LogP contribution < -0.4 is 35.2 Å². The van der Waals surface area contributed by atoms with Gasteiger partial charge in [0.05, 0.1) is 8.07 Å². The predicted octanol–water partition coefficient (Wildman–Crippen LogP) is -0.129. The van der Waals surface area contributed by atoms with Crippen LogP contribution in [0.15, 0.2) is 72.8 Å². The standard InChI is InChI=1S/C25H30OSi2.2ClH.Zr/c1-27(2,3)26-14-9-15-28(4,24-16-20-10-5-6-11-21(20)17-24)25-18-22-12-7-8-13-23(22)19-25;;;/h5-8,10-13,16-19H,9,14-15H2,1-4H3;2*1H;/q-2;;;+4/p-2. The Morgan fingerprint density at radius 1 is 0.742 bits per heavy atom. The summed E-state index contributed by atoms with van der Waals surface area (Å²) < 4.78 is 6.18. The molecule has 0 heterocycles. The molecule has 31 heavy (non-hydrogen) atoms. The fourth-order valence-corrected chi connectivity index (χ4v) is 8.61. The van der Waals surface area contributed by atoms with Crippen LogP contribution >= 0.6 is 0 Å². The Hall–Kier alpha value is -0.483. The Bertz CT molecular complexity index is 957. The van der Waals surface area contributed by atoms with Crippen molar-refractivity contribution < 1.29 is 55.4 Å². The molecule has 0 atom stereocenters. The third-order valence-electron chi connectivity index (χ3n) is 5.87. The average Bonchev–Trinajstić information content (AvgIpc) is 3.28. The molecule has 0 saturated heterocycles. The molecule has 0 aliphatic heterocycles. The van der Waals surface area contributed by atoms with Gasteiger partial charge in [0, 0.05) is 6.61 Å². The molecule has 0 unspecified atom stereocenters. The molecule has 0 aliphatic rings. The van der Waals surface area contributed by atoms with Crippen molar-refractivity contribution in [2.45, 2.75) is 38.7 Å². The molecule has 0 aliphatic carbocycles. The maximum absolute atomic E-state index is 6.18. The summed E-state index contributed by atoms with van der Waals surface area (Å²) in [5, 5.41) is 8.57. The van der Waals surface area contributed by atoms with Gasteiger partial charge in [0.25, 0.3) is 0 Å². The number of halogens is 2. The fraction of sp³-hybridized carbons (Fsp3) is 0.280. The van der Waals surface area contributed by atoms with Crippen molar-refractivity contribution in [1.82, 2.24) is 0 Å². The van der Waals surface area contributed by atoms with E-state index in [1.165, 1.54) is 27.6 Å². The van der Waals surface area contributed by atoms with Crippen LogP contribution in [0.25, 0.3) is 21.5 Å². The summed E-state index contributed by atoms with van der Waals surface area (Å²) in [5.41, 5.74) is 0. The number of hydrogen-bond donors (Lipinski definition) is 0. The largest absolute Gasteiger partial charge is 4.00 e. The molecule has 1 nitrogen and oxygen atoms in total. The van der Waals surface area contributed by atoms with E-state index in [9.17, 15) is 0 Å². The van der Waals surface area contributed by atoms with Crippen LogP contribution in [0.1, 0.15) is 6.42 Å². The Morgan fingerprint density at radius 3 is 1.61 bits per heavy atom. The SMILES string of the molecule is C[Si](C)(C)OCCC[Si](C)(c1cc2ccccc2[cH-]1)c1cc2ccccc2[cH-]1.[Cl-].[Cl-].[Zr+4]. The zero-order valence-electron chi connectivity index (χ0n) is 18.7. The first-order valence-electron chi connectivity index (χ1n) is 10.3. The summed E-state index contributed by atoms with van der Waals surface area (Å²) in [5.74, 6) is 0. The van der Waals surface area contributed by atoms with Crippen molar-refractivity contribution in [2.75, 3.05) is 6.61 Å². The van der Waals surface area contributed by atoms with Crippen LogP contribution in [-0.4, -0.2) is 23.0 Å². The quantitative estimate of drug-likeness (QED) is 0.173. The van der Waals surface area contributed by atoms with E-state index in [1.54, 1.807) is 10.4 Å². The van der Waals surface area contributed by atoms with E-state index >= 15 is 0 Å². The minimum absolute atomic E-state index is 0. The zero-order chi connectivity index (χ0) is 19.8. The van der Waals surface area contributed by atoms with Crippen molar-refractivity contribution in [1.29, 1.82) is 0 Å². The molecule has 4 aromatic rings. The minimum Gasteiger partial charge on any atom is -1.00 e. The third kappa shape index (κ3) is 6.53. The Morgan fingerprint density at radius 2 is 1.19 bits per heavy atom. The monoisotopic (exact) mass is 562 g/mol. The summed E-state index contributed by atoms with van der Waals surface area (Å²) in [4.78, 5) is 0. The summed E-state index contributed by atoms with van der Waals surface area (Å²) in [6.45, 7) is 10.3. The van der Waals surface area contributed by atoms with E-state index in [0.717, 1.165) is 13.0 Å². The summed E-state index contributed by atoms with van der Waals surface area (Å²) in [7, 11) is -3.28. The van der Waals surface area contributed by atoms with Gasteiger partial charge in [-0.25, -0.2) is 0 Å². The third-order valence-corrected chi connectivity index (χ3v) is 11.4. The Balaban J connectivity index is 0.00000160. The number of rotatable bonds is 7. The van der Waals surface area contributed by atoms with Crippen molar-refractivity contribution in [2.24, 2.45) is 0 Å². The van der Waals surface area contributed by atoms with Gasteiger partial charge in [-0.1, -0.05) is 18.7 Å². The molecule has 0 bridgehead atoms. The number of fused-ring (bicyclic) bond motifs is 2. The van der Waals surface area contributed by atoms with Crippen LogP contribution in [0.2, 0.25) is 32.2 Å². The molecule has 0 aromatic heterocycles. The molecule has 0 amide bonds. The smallest absolute Gasteiger partial charge is 1.00 e.